The second-order valence-electron chi connectivity index (χ2n) is 4.40. The summed E-state index contributed by atoms with van der Waals surface area (Å²) in [6.07, 6.45) is 2.41. The Morgan fingerprint density at radius 2 is 1.82 bits per heavy atom. The molecule has 0 heterocycles. The van der Waals surface area contributed by atoms with Crippen molar-refractivity contribution in [2.45, 2.75) is 6.61 Å². The van der Waals surface area contributed by atoms with Crippen LogP contribution in [0.25, 0.3) is 6.08 Å². The largest absolute Gasteiger partial charge is 0.486 e. The summed E-state index contributed by atoms with van der Waals surface area (Å²) in [6, 6.07) is 10.4. The zero-order valence-electron chi connectivity index (χ0n) is 11.2. The van der Waals surface area contributed by atoms with Gasteiger partial charge in [0.25, 0.3) is 0 Å². The number of hydrogen-bond acceptors (Lipinski definition) is 2. The molecule has 0 spiro atoms. The Hall–Kier alpha value is -1.68. The van der Waals surface area contributed by atoms with Crippen molar-refractivity contribution in [2.75, 3.05) is 0 Å². The molecular formula is C16H11Cl3O3. The van der Waals surface area contributed by atoms with Crippen LogP contribution in [0.15, 0.2) is 42.5 Å². The van der Waals surface area contributed by atoms with E-state index in [-0.39, 0.29) is 6.61 Å². The van der Waals surface area contributed by atoms with E-state index in [1.807, 2.05) is 12.1 Å². The topological polar surface area (TPSA) is 46.5 Å². The molecular weight excluding hydrogens is 347 g/mol. The van der Waals surface area contributed by atoms with Crippen molar-refractivity contribution in [3.05, 3.63) is 68.7 Å². The monoisotopic (exact) mass is 356 g/mol. The van der Waals surface area contributed by atoms with Crippen molar-refractivity contribution < 1.29 is 14.6 Å². The predicted octanol–water partition coefficient (Wildman–Crippen LogP) is 5.32. The average molecular weight is 358 g/mol. The van der Waals surface area contributed by atoms with Crippen LogP contribution in [0.2, 0.25) is 15.1 Å². The van der Waals surface area contributed by atoms with Crippen molar-refractivity contribution in [1.29, 1.82) is 0 Å². The van der Waals surface area contributed by atoms with Gasteiger partial charge in [-0.15, -0.1) is 0 Å². The molecule has 0 aliphatic carbocycles. The molecule has 0 atom stereocenters. The van der Waals surface area contributed by atoms with Crippen LogP contribution >= 0.6 is 34.8 Å². The smallest absolute Gasteiger partial charge is 0.328 e. The van der Waals surface area contributed by atoms with Gasteiger partial charge in [0.05, 0.1) is 10.0 Å². The second-order valence-corrected chi connectivity index (χ2v) is 5.65. The fourth-order valence-electron chi connectivity index (χ4n) is 1.76. The molecule has 3 nitrogen and oxygen atoms in total. The van der Waals surface area contributed by atoms with Crippen LogP contribution in [0, 0.1) is 0 Å². The summed E-state index contributed by atoms with van der Waals surface area (Å²) in [7, 11) is 0. The van der Waals surface area contributed by atoms with Crippen molar-refractivity contribution in [1.82, 2.24) is 0 Å². The van der Waals surface area contributed by atoms with Gasteiger partial charge in [-0.25, -0.2) is 4.79 Å². The van der Waals surface area contributed by atoms with Crippen LogP contribution in [0.3, 0.4) is 0 Å². The van der Waals surface area contributed by atoms with Crippen molar-refractivity contribution in [2.24, 2.45) is 0 Å². The molecule has 0 amide bonds. The minimum Gasteiger partial charge on any atom is -0.486 e. The van der Waals surface area contributed by atoms with Crippen LogP contribution in [-0.4, -0.2) is 11.1 Å². The maximum Gasteiger partial charge on any atom is 0.328 e. The third-order valence-corrected chi connectivity index (χ3v) is 3.51. The molecule has 0 aliphatic rings. The van der Waals surface area contributed by atoms with Gasteiger partial charge in [0.2, 0.25) is 0 Å². The van der Waals surface area contributed by atoms with Gasteiger partial charge in [-0.3, -0.25) is 0 Å². The number of benzene rings is 2. The van der Waals surface area contributed by atoms with Crippen LogP contribution in [0.4, 0.5) is 0 Å². The van der Waals surface area contributed by atoms with Gasteiger partial charge in [-0.05, 0) is 41.5 Å². The number of carbonyl (C=O) groups is 1. The molecule has 0 bridgehead atoms. The molecule has 2 aromatic rings. The highest BCUT2D eigenvalue weighted by Gasteiger charge is 2.09. The molecule has 0 aliphatic heterocycles. The van der Waals surface area contributed by atoms with E-state index in [1.54, 1.807) is 24.3 Å². The van der Waals surface area contributed by atoms with Crippen LogP contribution in [0.5, 0.6) is 5.75 Å². The first-order valence-electron chi connectivity index (χ1n) is 6.23. The summed E-state index contributed by atoms with van der Waals surface area (Å²) in [6.45, 7) is 0.268. The lowest BCUT2D eigenvalue weighted by atomic mass is 10.2. The van der Waals surface area contributed by atoms with Gasteiger partial charge in [0.1, 0.15) is 6.61 Å². The Kier molecular flexibility index (Phi) is 5.72. The van der Waals surface area contributed by atoms with Crippen molar-refractivity contribution in [3.63, 3.8) is 0 Å². The molecule has 1 N–H and O–H groups in total. The summed E-state index contributed by atoms with van der Waals surface area (Å²) in [4.78, 5) is 10.5. The third-order valence-electron chi connectivity index (χ3n) is 2.71. The molecule has 22 heavy (non-hydrogen) atoms. The summed E-state index contributed by atoms with van der Waals surface area (Å²) in [5.74, 6) is -0.704. The lowest BCUT2D eigenvalue weighted by Crippen LogP contribution is -1.97. The summed E-state index contributed by atoms with van der Waals surface area (Å²) >= 11 is 18.2. The Labute approximate surface area is 142 Å². The molecule has 2 rings (SSSR count). The molecule has 0 aromatic heterocycles. The van der Waals surface area contributed by atoms with E-state index >= 15 is 0 Å². The average Bonchev–Trinajstić information content (AvgIpc) is 2.44. The Morgan fingerprint density at radius 3 is 2.41 bits per heavy atom. The number of halogens is 3. The lowest BCUT2D eigenvalue weighted by molar-refractivity contribution is -0.131. The summed E-state index contributed by atoms with van der Waals surface area (Å²) in [5, 5.41) is 9.84. The first kappa shape index (κ1) is 16.7. The van der Waals surface area contributed by atoms with E-state index in [9.17, 15) is 4.79 Å². The lowest BCUT2D eigenvalue weighted by Gasteiger charge is -2.11. The SMILES string of the molecule is O=C(O)/C=C/c1cc(Cl)c(OCc2cccc(Cl)c2)c(Cl)c1. The molecule has 0 saturated heterocycles. The van der Waals surface area contributed by atoms with Gasteiger partial charge >= 0.3 is 5.97 Å². The molecule has 2 aromatic carbocycles. The van der Waals surface area contributed by atoms with E-state index in [0.717, 1.165) is 11.6 Å². The fraction of sp³-hybridized carbons (Fsp3) is 0.0625. The highest BCUT2D eigenvalue weighted by atomic mass is 35.5. The highest BCUT2D eigenvalue weighted by Crippen LogP contribution is 2.35. The van der Waals surface area contributed by atoms with E-state index in [0.29, 0.717) is 26.4 Å². The number of aliphatic carboxylic acids is 1. The number of carboxylic acids is 1. The number of carboxylic acid groups (broad SMARTS) is 1. The van der Waals surface area contributed by atoms with E-state index in [2.05, 4.69) is 0 Å². The predicted molar refractivity (Wildman–Crippen MR) is 88.9 cm³/mol. The molecule has 0 saturated carbocycles. The van der Waals surface area contributed by atoms with Gasteiger partial charge in [-0.2, -0.15) is 0 Å². The van der Waals surface area contributed by atoms with Gasteiger partial charge < -0.3 is 9.84 Å². The van der Waals surface area contributed by atoms with Gasteiger partial charge in [0.15, 0.2) is 5.75 Å². The van der Waals surface area contributed by atoms with Crippen LogP contribution in [0.1, 0.15) is 11.1 Å². The Balaban J connectivity index is 2.16. The summed E-state index contributed by atoms with van der Waals surface area (Å²) in [5.41, 5.74) is 1.46. The first-order chi connectivity index (χ1) is 10.5. The summed E-state index contributed by atoms with van der Waals surface area (Å²) < 4.78 is 5.63. The quantitative estimate of drug-likeness (QED) is 0.736. The maximum absolute atomic E-state index is 10.5. The normalized spacial score (nSPS) is 10.9. The van der Waals surface area contributed by atoms with E-state index in [1.165, 1.54) is 6.08 Å². The number of hydrogen-bond donors (Lipinski definition) is 1. The standard InChI is InChI=1S/C16H11Cl3O3/c17-12-3-1-2-11(6-12)9-22-16-13(18)7-10(8-14(16)19)4-5-15(20)21/h1-8H,9H2,(H,20,21)/b5-4+. The van der Waals surface area contributed by atoms with Gasteiger partial charge in [-0.1, -0.05) is 46.9 Å². The second kappa shape index (κ2) is 7.54. The number of rotatable bonds is 5. The first-order valence-corrected chi connectivity index (χ1v) is 7.36. The van der Waals surface area contributed by atoms with Crippen LogP contribution < -0.4 is 4.74 Å². The molecule has 0 fully saturated rings. The zero-order valence-corrected chi connectivity index (χ0v) is 13.5. The highest BCUT2D eigenvalue weighted by molar-refractivity contribution is 6.37. The van der Waals surface area contributed by atoms with E-state index in [4.69, 9.17) is 44.6 Å². The Bertz CT molecular complexity index is 703. The zero-order chi connectivity index (χ0) is 16.1. The Morgan fingerprint density at radius 1 is 1.14 bits per heavy atom. The molecule has 114 valence electrons. The molecule has 0 radical (unpaired) electrons. The van der Waals surface area contributed by atoms with Gasteiger partial charge in [0, 0.05) is 11.1 Å². The van der Waals surface area contributed by atoms with E-state index < -0.39 is 5.97 Å². The molecule has 0 unspecified atom stereocenters. The van der Waals surface area contributed by atoms with Crippen molar-refractivity contribution >= 4 is 46.8 Å². The van der Waals surface area contributed by atoms with Crippen molar-refractivity contribution in [3.8, 4) is 5.75 Å². The minimum atomic E-state index is -1.05. The fourth-order valence-corrected chi connectivity index (χ4v) is 2.59. The maximum atomic E-state index is 10.5. The van der Waals surface area contributed by atoms with Crippen LogP contribution in [-0.2, 0) is 11.4 Å². The third kappa shape index (κ3) is 4.67. The molecule has 6 heteroatoms. The number of ether oxygens (including phenoxy) is 1. The minimum absolute atomic E-state index is 0.268.